The lowest BCUT2D eigenvalue weighted by Crippen LogP contribution is -2.60. The maximum Gasteiger partial charge on any atom is 0.249 e. The quantitative estimate of drug-likeness (QED) is 0.0364. The molecule has 10 nitrogen and oxygen atoms in total. The van der Waals surface area contributed by atoms with E-state index in [1.165, 1.54) is 96.3 Å². The molecule has 284 valence electrons. The second-order valence-electron chi connectivity index (χ2n) is 13.9. The molecule has 10 heteroatoms. The summed E-state index contributed by atoms with van der Waals surface area (Å²) in [4.78, 5) is 12.9. The van der Waals surface area contributed by atoms with Crippen LogP contribution in [0.5, 0.6) is 0 Å². The monoisotopic (exact) mass is 688 g/mol. The SMILES string of the molecule is CCCCCCCCCCCCC/C=C/C(O)C(COC1OC(CO)C(O)C(O)C1O)NC(=O)C(O)CCCCCCCCCCCC. The van der Waals surface area contributed by atoms with E-state index in [0.717, 1.165) is 44.9 Å². The Balaban J connectivity index is 2.53. The lowest BCUT2D eigenvalue weighted by atomic mass is 9.99. The number of amides is 1. The smallest absolute Gasteiger partial charge is 0.249 e. The van der Waals surface area contributed by atoms with Gasteiger partial charge in [-0.1, -0.05) is 154 Å². The number of ether oxygens (including phenoxy) is 2. The molecule has 0 spiro atoms. The Kier molecular flexibility index (Phi) is 27.7. The fourth-order valence-electron chi connectivity index (χ4n) is 6.16. The Bertz CT molecular complexity index is 783. The molecule has 1 aliphatic rings. The highest BCUT2D eigenvalue weighted by Gasteiger charge is 2.44. The number of hydrogen-bond donors (Lipinski definition) is 7. The first-order chi connectivity index (χ1) is 23.3. The van der Waals surface area contributed by atoms with Gasteiger partial charge in [0.15, 0.2) is 6.29 Å². The number of rotatable bonds is 31. The van der Waals surface area contributed by atoms with Crippen molar-refractivity contribution in [2.75, 3.05) is 13.2 Å². The molecule has 1 heterocycles. The molecule has 8 unspecified atom stereocenters. The summed E-state index contributed by atoms with van der Waals surface area (Å²) in [6.07, 6.45) is 20.2. The lowest BCUT2D eigenvalue weighted by Gasteiger charge is -2.40. The summed E-state index contributed by atoms with van der Waals surface area (Å²) in [6.45, 7) is 3.55. The van der Waals surface area contributed by atoms with Crippen LogP contribution >= 0.6 is 0 Å². The highest BCUT2D eigenvalue weighted by Crippen LogP contribution is 2.22. The van der Waals surface area contributed by atoms with Crippen LogP contribution in [-0.2, 0) is 14.3 Å². The Hall–Kier alpha value is -1.11. The van der Waals surface area contributed by atoms with Gasteiger partial charge in [0.2, 0.25) is 5.91 Å². The summed E-state index contributed by atoms with van der Waals surface area (Å²) in [5.41, 5.74) is 0. The van der Waals surface area contributed by atoms with Gasteiger partial charge >= 0.3 is 0 Å². The van der Waals surface area contributed by atoms with Crippen molar-refractivity contribution in [1.29, 1.82) is 0 Å². The summed E-state index contributed by atoms with van der Waals surface area (Å²) in [5.74, 6) is -0.619. The molecule has 1 rings (SSSR count). The first-order valence-corrected chi connectivity index (χ1v) is 19.5. The molecule has 0 saturated carbocycles. The van der Waals surface area contributed by atoms with Gasteiger partial charge in [-0.05, 0) is 19.3 Å². The van der Waals surface area contributed by atoms with Gasteiger partial charge in [0.25, 0.3) is 0 Å². The van der Waals surface area contributed by atoms with Crippen LogP contribution < -0.4 is 5.32 Å². The molecule has 1 fully saturated rings. The molecular formula is C38H73NO9. The van der Waals surface area contributed by atoms with Crippen LogP contribution in [-0.4, -0.2) is 98.7 Å². The highest BCUT2D eigenvalue weighted by molar-refractivity contribution is 5.80. The van der Waals surface area contributed by atoms with Gasteiger partial charge in [-0.15, -0.1) is 0 Å². The summed E-state index contributed by atoms with van der Waals surface area (Å²) in [7, 11) is 0. The van der Waals surface area contributed by atoms with Crippen LogP contribution in [0, 0.1) is 0 Å². The number of aliphatic hydroxyl groups is 6. The van der Waals surface area contributed by atoms with Crippen molar-refractivity contribution in [3.8, 4) is 0 Å². The van der Waals surface area contributed by atoms with Gasteiger partial charge in [0.1, 0.15) is 30.5 Å². The third-order valence-corrected chi connectivity index (χ3v) is 9.47. The molecule has 1 amide bonds. The van der Waals surface area contributed by atoms with E-state index < -0.39 is 61.5 Å². The zero-order chi connectivity index (χ0) is 35.4. The van der Waals surface area contributed by atoms with Gasteiger partial charge in [-0.2, -0.15) is 0 Å². The van der Waals surface area contributed by atoms with Crippen LogP contribution in [0.3, 0.4) is 0 Å². The number of carbonyl (C=O) groups excluding carboxylic acids is 1. The largest absolute Gasteiger partial charge is 0.394 e. The average Bonchev–Trinajstić information content (AvgIpc) is 3.08. The predicted molar refractivity (Wildman–Crippen MR) is 190 cm³/mol. The van der Waals surface area contributed by atoms with Crippen molar-refractivity contribution in [2.45, 2.75) is 210 Å². The second-order valence-corrected chi connectivity index (χ2v) is 13.9. The minimum Gasteiger partial charge on any atom is -0.394 e. The molecule has 0 aliphatic carbocycles. The van der Waals surface area contributed by atoms with Crippen LogP contribution in [0.15, 0.2) is 12.2 Å². The van der Waals surface area contributed by atoms with Crippen molar-refractivity contribution >= 4 is 5.91 Å². The van der Waals surface area contributed by atoms with Crippen molar-refractivity contribution in [1.82, 2.24) is 5.32 Å². The van der Waals surface area contributed by atoms with Gasteiger partial charge in [-0.3, -0.25) is 4.79 Å². The molecule has 7 N–H and O–H groups in total. The number of nitrogens with one attached hydrogen (secondary N) is 1. The van der Waals surface area contributed by atoms with E-state index in [1.807, 2.05) is 6.08 Å². The zero-order valence-electron chi connectivity index (χ0n) is 30.4. The Labute approximate surface area is 291 Å². The third-order valence-electron chi connectivity index (χ3n) is 9.47. The Morgan fingerprint density at radius 3 is 1.69 bits per heavy atom. The number of carbonyl (C=O) groups is 1. The molecule has 1 saturated heterocycles. The summed E-state index contributed by atoms with van der Waals surface area (Å²) in [5, 5.41) is 64.2. The lowest BCUT2D eigenvalue weighted by molar-refractivity contribution is -0.302. The standard InChI is InChI=1S/C38H73NO9/c1-3-5-7-9-11-13-15-16-17-19-20-22-24-26-31(41)30(29-47-38-36(45)35(44)34(43)33(28-40)48-38)39-37(46)32(42)27-25-23-21-18-14-12-10-8-6-4-2/h24,26,30-36,38,40-45H,3-23,25,27-29H2,1-2H3,(H,39,46)/b26-24+. The normalized spacial score (nSPS) is 23.4. The van der Waals surface area contributed by atoms with Crippen LogP contribution in [0.2, 0.25) is 0 Å². The average molecular weight is 688 g/mol. The first kappa shape index (κ1) is 44.9. The number of hydrogen-bond acceptors (Lipinski definition) is 9. The van der Waals surface area contributed by atoms with Crippen molar-refractivity contribution in [2.24, 2.45) is 0 Å². The van der Waals surface area contributed by atoms with E-state index >= 15 is 0 Å². The third kappa shape index (κ3) is 20.5. The molecule has 0 radical (unpaired) electrons. The number of aliphatic hydroxyl groups excluding tert-OH is 6. The van der Waals surface area contributed by atoms with Gasteiger partial charge in [-0.25, -0.2) is 0 Å². The molecule has 48 heavy (non-hydrogen) atoms. The van der Waals surface area contributed by atoms with E-state index in [1.54, 1.807) is 6.08 Å². The van der Waals surface area contributed by atoms with Crippen LogP contribution in [0.25, 0.3) is 0 Å². The van der Waals surface area contributed by atoms with Crippen molar-refractivity contribution in [3.05, 3.63) is 12.2 Å². The van der Waals surface area contributed by atoms with E-state index in [2.05, 4.69) is 19.2 Å². The molecule has 0 aromatic carbocycles. The number of allylic oxidation sites excluding steroid dienone is 1. The van der Waals surface area contributed by atoms with E-state index in [9.17, 15) is 35.4 Å². The summed E-state index contributed by atoms with van der Waals surface area (Å²) in [6, 6.07) is -0.971. The molecular weight excluding hydrogens is 614 g/mol. The van der Waals surface area contributed by atoms with Crippen LogP contribution in [0.4, 0.5) is 0 Å². The highest BCUT2D eigenvalue weighted by atomic mass is 16.7. The van der Waals surface area contributed by atoms with E-state index in [-0.39, 0.29) is 6.61 Å². The van der Waals surface area contributed by atoms with E-state index in [0.29, 0.717) is 6.42 Å². The summed E-state index contributed by atoms with van der Waals surface area (Å²) < 4.78 is 11.1. The van der Waals surface area contributed by atoms with Gasteiger partial charge in [0.05, 0.1) is 25.4 Å². The van der Waals surface area contributed by atoms with Crippen LogP contribution in [0.1, 0.15) is 162 Å². The summed E-state index contributed by atoms with van der Waals surface area (Å²) >= 11 is 0. The predicted octanol–water partition coefficient (Wildman–Crippen LogP) is 5.58. The maximum atomic E-state index is 12.9. The van der Waals surface area contributed by atoms with Crippen molar-refractivity contribution in [3.63, 3.8) is 0 Å². The zero-order valence-corrected chi connectivity index (χ0v) is 30.4. The number of unbranched alkanes of at least 4 members (excludes halogenated alkanes) is 20. The maximum absolute atomic E-state index is 12.9. The Morgan fingerprint density at radius 2 is 1.19 bits per heavy atom. The minimum absolute atomic E-state index is 0.302. The van der Waals surface area contributed by atoms with Gasteiger partial charge in [0, 0.05) is 0 Å². The second kappa shape index (κ2) is 29.6. The molecule has 0 aromatic heterocycles. The minimum atomic E-state index is -1.60. The van der Waals surface area contributed by atoms with E-state index in [4.69, 9.17) is 9.47 Å². The fourth-order valence-corrected chi connectivity index (χ4v) is 6.16. The van der Waals surface area contributed by atoms with Crippen molar-refractivity contribution < 1.29 is 44.9 Å². The first-order valence-electron chi connectivity index (χ1n) is 19.5. The molecule has 1 aliphatic heterocycles. The van der Waals surface area contributed by atoms with Gasteiger partial charge < -0.3 is 45.4 Å². The molecule has 8 atom stereocenters. The molecule has 0 aromatic rings. The Morgan fingerprint density at radius 1 is 0.708 bits per heavy atom. The fraction of sp³-hybridized carbons (Fsp3) is 0.921. The molecule has 0 bridgehead atoms. The topological polar surface area (TPSA) is 169 Å².